The maximum Gasteiger partial charge on any atom is 0.251 e. The first kappa shape index (κ1) is 24.3. The van der Waals surface area contributed by atoms with Crippen LogP contribution in [0, 0.1) is 0 Å². The summed E-state index contributed by atoms with van der Waals surface area (Å²) in [4.78, 5) is 12.1. The van der Waals surface area contributed by atoms with E-state index in [1.54, 1.807) is 19.1 Å². The highest BCUT2D eigenvalue weighted by atomic mass is 32.2. The van der Waals surface area contributed by atoms with Gasteiger partial charge in [-0.3, -0.25) is 4.79 Å². The van der Waals surface area contributed by atoms with E-state index in [9.17, 15) is 13.2 Å². The number of carbonyl (C=O) groups is 1. The van der Waals surface area contributed by atoms with Gasteiger partial charge in [0.25, 0.3) is 5.91 Å². The summed E-state index contributed by atoms with van der Waals surface area (Å²) in [6, 6.07) is 7.64. The van der Waals surface area contributed by atoms with Crippen LogP contribution < -0.4 is 24.3 Å². The fourth-order valence-corrected chi connectivity index (χ4v) is 4.36. The number of nitrogens with zero attached hydrogens (tertiary/aromatic N) is 1. The van der Waals surface area contributed by atoms with Crippen LogP contribution in [0.25, 0.3) is 0 Å². The van der Waals surface area contributed by atoms with Gasteiger partial charge in [-0.25, -0.2) is 8.42 Å². The Balaban J connectivity index is 2.45. The molecule has 0 aliphatic carbocycles. The van der Waals surface area contributed by atoms with Crippen LogP contribution in [0.15, 0.2) is 35.2 Å². The van der Waals surface area contributed by atoms with Crippen molar-refractivity contribution in [2.45, 2.75) is 18.4 Å². The molecule has 0 aromatic heterocycles. The Morgan fingerprint density at radius 3 is 2.00 bits per heavy atom. The van der Waals surface area contributed by atoms with Crippen molar-refractivity contribution in [3.63, 3.8) is 0 Å². The van der Waals surface area contributed by atoms with Crippen molar-refractivity contribution in [1.29, 1.82) is 0 Å². The maximum atomic E-state index is 13.3. The average molecular weight is 453 g/mol. The Hall–Kier alpha value is -2.98. The van der Waals surface area contributed by atoms with Crippen LogP contribution >= 0.6 is 0 Å². The lowest BCUT2D eigenvalue weighted by molar-refractivity contribution is 0.0955. The number of methoxy groups -OCH3 is 4. The first-order valence-corrected chi connectivity index (χ1v) is 10.9. The molecular formula is C21H28N2O7S. The fraction of sp³-hybridized carbons (Fsp3) is 0.381. The Labute approximate surface area is 182 Å². The van der Waals surface area contributed by atoms with E-state index in [-0.39, 0.29) is 28.7 Å². The minimum Gasteiger partial charge on any atom is -0.495 e. The van der Waals surface area contributed by atoms with Gasteiger partial charge in [-0.2, -0.15) is 4.31 Å². The van der Waals surface area contributed by atoms with Gasteiger partial charge in [0.2, 0.25) is 15.8 Å². The van der Waals surface area contributed by atoms with Crippen molar-refractivity contribution in [3.8, 4) is 23.0 Å². The van der Waals surface area contributed by atoms with Crippen LogP contribution in [-0.4, -0.2) is 60.7 Å². The summed E-state index contributed by atoms with van der Waals surface area (Å²) in [5.74, 6) is 1.02. The van der Waals surface area contributed by atoms with Crippen LogP contribution in [0.5, 0.6) is 23.0 Å². The van der Waals surface area contributed by atoms with Gasteiger partial charge in [-0.15, -0.1) is 0 Å². The van der Waals surface area contributed by atoms with Crippen LogP contribution in [0.4, 0.5) is 0 Å². The monoisotopic (exact) mass is 452 g/mol. The third-order valence-electron chi connectivity index (χ3n) is 4.58. The molecule has 2 rings (SSSR count). The largest absolute Gasteiger partial charge is 0.495 e. The molecule has 0 bridgehead atoms. The highest BCUT2D eigenvalue weighted by Gasteiger charge is 2.27. The number of benzene rings is 2. The van der Waals surface area contributed by atoms with Gasteiger partial charge in [-0.1, -0.05) is 0 Å². The summed E-state index contributed by atoms with van der Waals surface area (Å²) in [6.45, 7) is 2.23. The summed E-state index contributed by atoms with van der Waals surface area (Å²) < 4.78 is 49.0. The Kier molecular flexibility index (Phi) is 8.12. The molecule has 0 aliphatic rings. The van der Waals surface area contributed by atoms with E-state index >= 15 is 0 Å². The number of hydrogen-bond acceptors (Lipinski definition) is 7. The van der Waals surface area contributed by atoms with Crippen molar-refractivity contribution in [1.82, 2.24) is 9.62 Å². The second kappa shape index (κ2) is 10.4. The van der Waals surface area contributed by atoms with Crippen LogP contribution in [-0.2, 0) is 16.6 Å². The lowest BCUT2D eigenvalue weighted by atomic mass is 10.2. The molecule has 1 N–H and O–H groups in total. The molecule has 2 aromatic rings. The Bertz CT molecular complexity index is 1010. The molecule has 0 saturated heterocycles. The topological polar surface area (TPSA) is 103 Å². The third-order valence-corrected chi connectivity index (χ3v) is 6.41. The summed E-state index contributed by atoms with van der Waals surface area (Å²) in [7, 11) is 3.29. The molecular weight excluding hydrogens is 424 g/mol. The smallest absolute Gasteiger partial charge is 0.251 e. The van der Waals surface area contributed by atoms with Gasteiger partial charge in [0.05, 0.1) is 28.4 Å². The lowest BCUT2D eigenvalue weighted by Gasteiger charge is -2.21. The number of amides is 1. The quantitative estimate of drug-likeness (QED) is 0.590. The van der Waals surface area contributed by atoms with Crippen LogP contribution in [0.3, 0.4) is 0 Å². The first-order chi connectivity index (χ1) is 14.7. The molecule has 9 nitrogen and oxygen atoms in total. The van der Waals surface area contributed by atoms with Crippen molar-refractivity contribution in [3.05, 3.63) is 41.5 Å². The average Bonchev–Trinajstić information content (AvgIpc) is 2.77. The molecule has 0 unspecified atom stereocenters. The van der Waals surface area contributed by atoms with E-state index in [4.69, 9.17) is 18.9 Å². The maximum absolute atomic E-state index is 13.3. The predicted octanol–water partition coefficient (Wildman–Crippen LogP) is 2.29. The van der Waals surface area contributed by atoms with Gasteiger partial charge in [0.15, 0.2) is 11.5 Å². The molecule has 170 valence electrons. The van der Waals surface area contributed by atoms with Gasteiger partial charge in [-0.05, 0) is 42.8 Å². The summed E-state index contributed by atoms with van der Waals surface area (Å²) in [6.07, 6.45) is 0. The van der Waals surface area contributed by atoms with Crippen LogP contribution in [0.2, 0.25) is 0 Å². The van der Waals surface area contributed by atoms with E-state index in [2.05, 4.69) is 5.32 Å². The van der Waals surface area contributed by atoms with Gasteiger partial charge < -0.3 is 24.3 Å². The molecule has 0 spiro atoms. The fourth-order valence-electron chi connectivity index (χ4n) is 3.02. The molecule has 0 saturated carbocycles. The zero-order valence-electron chi connectivity index (χ0n) is 18.5. The SMILES string of the molecule is CCNC(=O)c1ccc(OC)c(S(=O)(=O)N(C)Cc2cc(OC)c(OC)c(OC)c2)c1. The van der Waals surface area contributed by atoms with Crippen molar-refractivity contribution in [2.75, 3.05) is 42.0 Å². The zero-order valence-corrected chi connectivity index (χ0v) is 19.3. The highest BCUT2D eigenvalue weighted by Crippen LogP contribution is 2.39. The van der Waals surface area contributed by atoms with Crippen molar-refractivity contribution in [2.24, 2.45) is 0 Å². The molecule has 0 atom stereocenters. The second-order valence-corrected chi connectivity index (χ2v) is 8.53. The Morgan fingerprint density at radius 1 is 0.935 bits per heavy atom. The number of nitrogens with one attached hydrogen (secondary N) is 1. The van der Waals surface area contributed by atoms with E-state index in [1.165, 1.54) is 53.7 Å². The molecule has 0 fully saturated rings. The summed E-state index contributed by atoms with van der Waals surface area (Å²) in [5.41, 5.74) is 0.849. The molecule has 1 amide bonds. The number of ether oxygens (including phenoxy) is 4. The minimum absolute atomic E-state index is 0.0214. The number of carbonyl (C=O) groups excluding carboxylic acids is 1. The number of hydrogen-bond donors (Lipinski definition) is 1. The number of sulfonamides is 1. The standard InChI is InChI=1S/C21H28N2O7S/c1-7-22-21(24)15-8-9-16(27-3)19(12-15)31(25,26)23(2)13-14-10-17(28-4)20(30-6)18(11-14)29-5/h8-12H,7,13H2,1-6H3,(H,22,24). The Morgan fingerprint density at radius 2 is 1.52 bits per heavy atom. The summed E-state index contributed by atoms with van der Waals surface area (Å²) in [5, 5.41) is 2.66. The van der Waals surface area contributed by atoms with Gasteiger partial charge in [0, 0.05) is 25.7 Å². The summed E-state index contributed by atoms with van der Waals surface area (Å²) >= 11 is 0. The second-order valence-electron chi connectivity index (χ2n) is 6.52. The van der Waals surface area contributed by atoms with E-state index in [1.807, 2.05) is 0 Å². The van der Waals surface area contributed by atoms with Gasteiger partial charge >= 0.3 is 0 Å². The van der Waals surface area contributed by atoms with E-state index in [0.717, 1.165) is 4.31 Å². The van der Waals surface area contributed by atoms with Crippen LogP contribution in [0.1, 0.15) is 22.8 Å². The minimum atomic E-state index is -3.99. The number of rotatable bonds is 10. The molecule has 31 heavy (non-hydrogen) atoms. The van der Waals surface area contributed by atoms with E-state index in [0.29, 0.717) is 29.4 Å². The van der Waals surface area contributed by atoms with E-state index < -0.39 is 10.0 Å². The molecule has 2 aromatic carbocycles. The lowest BCUT2D eigenvalue weighted by Crippen LogP contribution is -2.28. The molecule has 0 aliphatic heterocycles. The third kappa shape index (κ3) is 5.20. The van der Waals surface area contributed by atoms with Gasteiger partial charge in [0.1, 0.15) is 10.6 Å². The first-order valence-electron chi connectivity index (χ1n) is 9.44. The highest BCUT2D eigenvalue weighted by molar-refractivity contribution is 7.89. The zero-order chi connectivity index (χ0) is 23.2. The molecule has 10 heteroatoms. The molecule has 0 radical (unpaired) electrons. The molecule has 0 heterocycles. The van der Waals surface area contributed by atoms with Crippen molar-refractivity contribution >= 4 is 15.9 Å². The predicted molar refractivity (Wildman–Crippen MR) is 116 cm³/mol. The normalized spacial score (nSPS) is 11.2. The van der Waals surface area contributed by atoms with Crippen molar-refractivity contribution < 1.29 is 32.2 Å².